The largest absolute Gasteiger partial charge is 0.390 e. The molecule has 0 amide bonds. The Morgan fingerprint density at radius 3 is 1.70 bits per heavy atom. The summed E-state index contributed by atoms with van der Waals surface area (Å²) in [5, 5.41) is 13.5. The number of hydrogen-bond donors (Lipinski definition) is 2. The summed E-state index contributed by atoms with van der Waals surface area (Å²) in [5.74, 6) is 2.10. The van der Waals surface area contributed by atoms with Crippen molar-refractivity contribution in [2.24, 2.45) is 17.8 Å². The van der Waals surface area contributed by atoms with Gasteiger partial charge < -0.3 is 15.3 Å². The van der Waals surface area contributed by atoms with Crippen LogP contribution in [-0.2, 0) is 0 Å². The number of aliphatic hydroxyl groups is 1. The summed E-state index contributed by atoms with van der Waals surface area (Å²) in [7, 11) is 0. The number of aliphatic hydroxyl groups excluding tert-OH is 1. The molecule has 0 saturated carbocycles. The molecule has 0 spiro atoms. The van der Waals surface area contributed by atoms with E-state index in [1.54, 1.807) is 0 Å². The standard InChI is InChI=1S/C17H38N2O/c1-14(2)7-9-19(10-8-15(3)4)13-17(20)12-18-11-16(5)6/h14-18,20H,7-13H2,1-6H3. The molecule has 0 heterocycles. The molecule has 20 heavy (non-hydrogen) atoms. The van der Waals surface area contributed by atoms with Crippen LogP contribution in [0.3, 0.4) is 0 Å². The molecule has 0 radical (unpaired) electrons. The van der Waals surface area contributed by atoms with Gasteiger partial charge in [0.15, 0.2) is 0 Å². The maximum atomic E-state index is 10.2. The minimum Gasteiger partial charge on any atom is -0.390 e. The third kappa shape index (κ3) is 12.9. The lowest BCUT2D eigenvalue weighted by Gasteiger charge is -2.27. The zero-order chi connectivity index (χ0) is 15.5. The first-order valence-electron chi connectivity index (χ1n) is 8.42. The molecule has 2 N–H and O–H groups in total. The van der Waals surface area contributed by atoms with Gasteiger partial charge in [-0.3, -0.25) is 0 Å². The first-order chi connectivity index (χ1) is 9.31. The molecule has 0 bridgehead atoms. The van der Waals surface area contributed by atoms with E-state index in [9.17, 15) is 5.11 Å². The second-order valence-corrected chi connectivity index (χ2v) is 7.37. The molecule has 0 aliphatic rings. The molecule has 122 valence electrons. The summed E-state index contributed by atoms with van der Waals surface area (Å²) < 4.78 is 0. The van der Waals surface area contributed by atoms with E-state index in [1.807, 2.05) is 0 Å². The highest BCUT2D eigenvalue weighted by atomic mass is 16.3. The van der Waals surface area contributed by atoms with Crippen molar-refractivity contribution in [3.63, 3.8) is 0 Å². The molecule has 0 aliphatic carbocycles. The van der Waals surface area contributed by atoms with Crippen LogP contribution >= 0.6 is 0 Å². The van der Waals surface area contributed by atoms with Gasteiger partial charge in [-0.15, -0.1) is 0 Å². The van der Waals surface area contributed by atoms with Crippen LogP contribution in [-0.4, -0.2) is 48.8 Å². The SMILES string of the molecule is CC(C)CCN(CCC(C)C)CC(O)CNCC(C)C. The van der Waals surface area contributed by atoms with Gasteiger partial charge in [0, 0.05) is 13.1 Å². The smallest absolute Gasteiger partial charge is 0.0791 e. The average Bonchev–Trinajstić information content (AvgIpc) is 2.31. The zero-order valence-corrected chi connectivity index (χ0v) is 14.7. The Morgan fingerprint density at radius 2 is 1.30 bits per heavy atom. The Balaban J connectivity index is 4.03. The Kier molecular flexibility index (Phi) is 11.5. The number of nitrogens with zero attached hydrogens (tertiary/aromatic N) is 1. The van der Waals surface area contributed by atoms with Gasteiger partial charge in [-0.2, -0.15) is 0 Å². The summed E-state index contributed by atoms with van der Waals surface area (Å²) in [4.78, 5) is 2.43. The topological polar surface area (TPSA) is 35.5 Å². The molecule has 0 aliphatic heterocycles. The van der Waals surface area contributed by atoms with Crippen LogP contribution in [0.1, 0.15) is 54.4 Å². The molecule has 1 atom stereocenters. The number of nitrogens with one attached hydrogen (secondary N) is 1. The lowest BCUT2D eigenvalue weighted by Crippen LogP contribution is -2.40. The van der Waals surface area contributed by atoms with Gasteiger partial charge in [0.25, 0.3) is 0 Å². The quantitative estimate of drug-likeness (QED) is 0.579. The van der Waals surface area contributed by atoms with Gasteiger partial charge in [-0.05, 0) is 50.2 Å². The van der Waals surface area contributed by atoms with Gasteiger partial charge in [-0.1, -0.05) is 41.5 Å². The molecule has 0 fully saturated rings. The predicted octanol–water partition coefficient (Wildman–Crippen LogP) is 2.99. The van der Waals surface area contributed by atoms with Crippen molar-refractivity contribution in [3.8, 4) is 0 Å². The summed E-state index contributed by atoms with van der Waals surface area (Å²) in [6.07, 6.45) is 2.17. The lowest BCUT2D eigenvalue weighted by molar-refractivity contribution is 0.105. The molecule has 0 aromatic carbocycles. The van der Waals surface area contributed by atoms with E-state index in [0.717, 1.165) is 38.0 Å². The molecule has 0 rings (SSSR count). The Morgan fingerprint density at radius 1 is 0.800 bits per heavy atom. The molecule has 1 unspecified atom stereocenters. The van der Waals surface area contributed by atoms with Crippen LogP contribution in [0.25, 0.3) is 0 Å². The number of hydrogen-bond acceptors (Lipinski definition) is 3. The van der Waals surface area contributed by atoms with Crippen LogP contribution in [0.4, 0.5) is 0 Å². The van der Waals surface area contributed by atoms with E-state index in [0.29, 0.717) is 12.5 Å². The molecule has 3 nitrogen and oxygen atoms in total. The lowest BCUT2D eigenvalue weighted by atomic mass is 10.1. The fourth-order valence-electron chi connectivity index (χ4n) is 2.08. The first-order valence-corrected chi connectivity index (χ1v) is 8.42. The van der Waals surface area contributed by atoms with E-state index in [4.69, 9.17) is 0 Å². The fraction of sp³-hybridized carbons (Fsp3) is 1.00. The summed E-state index contributed by atoms with van der Waals surface area (Å²) in [6.45, 7) is 18.1. The monoisotopic (exact) mass is 286 g/mol. The van der Waals surface area contributed by atoms with Crippen molar-refractivity contribution in [1.29, 1.82) is 0 Å². The molecular formula is C17H38N2O. The molecule has 0 aromatic heterocycles. The minimum absolute atomic E-state index is 0.256. The van der Waals surface area contributed by atoms with Crippen LogP contribution in [0.2, 0.25) is 0 Å². The van der Waals surface area contributed by atoms with Gasteiger partial charge in [0.1, 0.15) is 0 Å². The van der Waals surface area contributed by atoms with E-state index >= 15 is 0 Å². The zero-order valence-electron chi connectivity index (χ0n) is 14.7. The van der Waals surface area contributed by atoms with Gasteiger partial charge in [-0.25, -0.2) is 0 Å². The Hall–Kier alpha value is -0.120. The van der Waals surface area contributed by atoms with Crippen molar-refractivity contribution in [2.45, 2.75) is 60.5 Å². The second kappa shape index (κ2) is 11.5. The fourth-order valence-corrected chi connectivity index (χ4v) is 2.08. The summed E-state index contributed by atoms with van der Waals surface area (Å²) >= 11 is 0. The molecule has 3 heteroatoms. The normalized spacial score (nSPS) is 13.9. The maximum absolute atomic E-state index is 10.2. The predicted molar refractivity (Wildman–Crippen MR) is 89.1 cm³/mol. The van der Waals surface area contributed by atoms with E-state index < -0.39 is 0 Å². The summed E-state index contributed by atoms with van der Waals surface area (Å²) in [6, 6.07) is 0. The van der Waals surface area contributed by atoms with E-state index in [2.05, 4.69) is 51.8 Å². The maximum Gasteiger partial charge on any atom is 0.0791 e. The van der Waals surface area contributed by atoms with Crippen LogP contribution in [0.15, 0.2) is 0 Å². The van der Waals surface area contributed by atoms with Gasteiger partial charge >= 0.3 is 0 Å². The van der Waals surface area contributed by atoms with Gasteiger partial charge in [0.05, 0.1) is 6.10 Å². The Bertz CT molecular complexity index is 205. The summed E-state index contributed by atoms with van der Waals surface area (Å²) in [5.41, 5.74) is 0. The van der Waals surface area contributed by atoms with Crippen LogP contribution in [0, 0.1) is 17.8 Å². The Labute approximate surface area is 127 Å². The van der Waals surface area contributed by atoms with Crippen molar-refractivity contribution in [2.75, 3.05) is 32.7 Å². The van der Waals surface area contributed by atoms with E-state index in [1.165, 1.54) is 12.8 Å². The third-order valence-electron chi connectivity index (χ3n) is 3.45. The highest BCUT2D eigenvalue weighted by molar-refractivity contribution is 4.69. The minimum atomic E-state index is -0.256. The van der Waals surface area contributed by atoms with Crippen molar-refractivity contribution < 1.29 is 5.11 Å². The van der Waals surface area contributed by atoms with Crippen molar-refractivity contribution >= 4 is 0 Å². The van der Waals surface area contributed by atoms with Crippen LogP contribution in [0.5, 0.6) is 0 Å². The first kappa shape index (κ1) is 19.9. The highest BCUT2D eigenvalue weighted by Gasteiger charge is 2.12. The van der Waals surface area contributed by atoms with Gasteiger partial charge in [0.2, 0.25) is 0 Å². The number of rotatable bonds is 12. The molecule has 0 saturated heterocycles. The van der Waals surface area contributed by atoms with E-state index in [-0.39, 0.29) is 6.10 Å². The van der Waals surface area contributed by atoms with Crippen molar-refractivity contribution in [3.05, 3.63) is 0 Å². The highest BCUT2D eigenvalue weighted by Crippen LogP contribution is 2.07. The second-order valence-electron chi connectivity index (χ2n) is 7.37. The molecular weight excluding hydrogens is 248 g/mol. The van der Waals surface area contributed by atoms with Crippen LogP contribution < -0.4 is 5.32 Å². The third-order valence-corrected chi connectivity index (χ3v) is 3.45. The van der Waals surface area contributed by atoms with Crippen molar-refractivity contribution in [1.82, 2.24) is 10.2 Å². The molecule has 0 aromatic rings. The average molecular weight is 287 g/mol.